The number of nitrogens with zero attached hydrogens (tertiary/aromatic N) is 2. The normalized spacial score (nSPS) is 10.1. The number of carbonyl (C=O) groups excluding carboxylic acids is 1. The van der Waals surface area contributed by atoms with Gasteiger partial charge in [-0.3, -0.25) is 4.79 Å². The fraction of sp³-hybridized carbons (Fsp3) is 0.600. The van der Waals surface area contributed by atoms with Gasteiger partial charge in [0.25, 0.3) is 5.91 Å². The van der Waals surface area contributed by atoms with Gasteiger partial charge in [-0.05, 0) is 12.8 Å². The molecule has 0 aliphatic carbocycles. The SMILES string of the molecule is CCCN(CCC)C(=O)c1ccon1. The van der Waals surface area contributed by atoms with Gasteiger partial charge in [0.2, 0.25) is 0 Å². The molecule has 0 saturated heterocycles. The summed E-state index contributed by atoms with van der Waals surface area (Å²) in [6.07, 6.45) is 3.34. The molecule has 0 saturated carbocycles. The molecule has 1 aromatic heterocycles. The maximum atomic E-state index is 11.8. The molecule has 0 aliphatic heterocycles. The Hall–Kier alpha value is -1.32. The van der Waals surface area contributed by atoms with Crippen LogP contribution >= 0.6 is 0 Å². The molecule has 1 heterocycles. The minimum absolute atomic E-state index is 0.0394. The molecule has 0 fully saturated rings. The van der Waals surface area contributed by atoms with Crippen LogP contribution in [0.5, 0.6) is 0 Å². The van der Waals surface area contributed by atoms with Gasteiger partial charge in [-0.1, -0.05) is 19.0 Å². The summed E-state index contributed by atoms with van der Waals surface area (Å²) in [5, 5.41) is 3.64. The van der Waals surface area contributed by atoms with Crippen LogP contribution in [-0.4, -0.2) is 29.1 Å². The number of hydrogen-bond acceptors (Lipinski definition) is 3. The summed E-state index contributed by atoms with van der Waals surface area (Å²) < 4.78 is 4.64. The van der Waals surface area contributed by atoms with Gasteiger partial charge in [-0.15, -0.1) is 0 Å². The van der Waals surface area contributed by atoms with E-state index in [0.29, 0.717) is 5.69 Å². The molecule has 78 valence electrons. The summed E-state index contributed by atoms with van der Waals surface area (Å²) in [7, 11) is 0. The van der Waals surface area contributed by atoms with E-state index in [1.165, 1.54) is 6.26 Å². The predicted molar refractivity (Wildman–Crippen MR) is 53.0 cm³/mol. The van der Waals surface area contributed by atoms with Crippen molar-refractivity contribution in [2.75, 3.05) is 13.1 Å². The van der Waals surface area contributed by atoms with Gasteiger partial charge in [0.15, 0.2) is 5.69 Å². The van der Waals surface area contributed by atoms with Crippen molar-refractivity contribution in [3.8, 4) is 0 Å². The lowest BCUT2D eigenvalue weighted by Gasteiger charge is -2.19. The van der Waals surface area contributed by atoms with Crippen LogP contribution < -0.4 is 0 Å². The molecule has 0 N–H and O–H groups in total. The van der Waals surface area contributed by atoms with Gasteiger partial charge >= 0.3 is 0 Å². The van der Waals surface area contributed by atoms with Gasteiger partial charge < -0.3 is 9.42 Å². The zero-order valence-electron chi connectivity index (χ0n) is 8.69. The van der Waals surface area contributed by atoms with Gasteiger partial charge in [0.1, 0.15) is 6.26 Å². The van der Waals surface area contributed by atoms with Crippen LogP contribution in [0.25, 0.3) is 0 Å². The van der Waals surface area contributed by atoms with Crippen LogP contribution in [0.3, 0.4) is 0 Å². The lowest BCUT2D eigenvalue weighted by Crippen LogP contribution is -2.32. The van der Waals surface area contributed by atoms with Crippen molar-refractivity contribution in [3.05, 3.63) is 18.0 Å². The minimum Gasteiger partial charge on any atom is -0.364 e. The van der Waals surface area contributed by atoms with Crippen LogP contribution in [0.2, 0.25) is 0 Å². The number of hydrogen-bond donors (Lipinski definition) is 0. The second kappa shape index (κ2) is 5.42. The van der Waals surface area contributed by atoms with E-state index < -0.39 is 0 Å². The van der Waals surface area contributed by atoms with E-state index in [1.807, 2.05) is 0 Å². The predicted octanol–water partition coefficient (Wildman–Crippen LogP) is 1.94. The van der Waals surface area contributed by atoms with E-state index in [4.69, 9.17) is 0 Å². The molecule has 14 heavy (non-hydrogen) atoms. The number of amides is 1. The molecular weight excluding hydrogens is 180 g/mol. The third-order valence-electron chi connectivity index (χ3n) is 1.93. The molecule has 0 aromatic carbocycles. The second-order valence-electron chi connectivity index (χ2n) is 3.18. The molecule has 0 spiro atoms. The molecule has 0 radical (unpaired) electrons. The zero-order chi connectivity index (χ0) is 10.4. The average molecular weight is 196 g/mol. The maximum Gasteiger partial charge on any atom is 0.276 e. The third kappa shape index (κ3) is 2.58. The van der Waals surface area contributed by atoms with Crippen molar-refractivity contribution < 1.29 is 9.32 Å². The summed E-state index contributed by atoms with van der Waals surface area (Å²) >= 11 is 0. The Labute approximate surface area is 83.9 Å². The van der Waals surface area contributed by atoms with Crippen molar-refractivity contribution >= 4 is 5.91 Å². The van der Waals surface area contributed by atoms with Crippen LogP contribution in [0.1, 0.15) is 37.2 Å². The first-order chi connectivity index (χ1) is 6.79. The average Bonchev–Trinajstić information content (AvgIpc) is 2.69. The van der Waals surface area contributed by atoms with Crippen molar-refractivity contribution in [1.82, 2.24) is 10.1 Å². The molecule has 1 aromatic rings. The Morgan fingerprint density at radius 3 is 2.50 bits per heavy atom. The summed E-state index contributed by atoms with van der Waals surface area (Å²) in [4.78, 5) is 13.6. The molecule has 4 nitrogen and oxygen atoms in total. The van der Waals surface area contributed by atoms with Gasteiger partial charge in [0.05, 0.1) is 0 Å². The largest absolute Gasteiger partial charge is 0.364 e. The zero-order valence-corrected chi connectivity index (χ0v) is 8.69. The van der Waals surface area contributed by atoms with Crippen molar-refractivity contribution in [2.24, 2.45) is 0 Å². The Bertz CT molecular complexity index is 264. The minimum atomic E-state index is -0.0394. The number of carbonyl (C=O) groups is 1. The fourth-order valence-electron chi connectivity index (χ4n) is 1.34. The lowest BCUT2D eigenvalue weighted by atomic mass is 10.3. The Morgan fingerprint density at radius 1 is 1.43 bits per heavy atom. The first-order valence-electron chi connectivity index (χ1n) is 4.99. The highest BCUT2D eigenvalue weighted by Crippen LogP contribution is 2.03. The van der Waals surface area contributed by atoms with Crippen LogP contribution in [-0.2, 0) is 0 Å². The summed E-state index contributed by atoms with van der Waals surface area (Å²) in [5.74, 6) is -0.0394. The molecule has 0 atom stereocenters. The molecule has 1 rings (SSSR count). The van der Waals surface area contributed by atoms with E-state index in [0.717, 1.165) is 25.9 Å². The van der Waals surface area contributed by atoms with Crippen molar-refractivity contribution in [1.29, 1.82) is 0 Å². The van der Waals surface area contributed by atoms with Crippen molar-refractivity contribution in [2.45, 2.75) is 26.7 Å². The van der Waals surface area contributed by atoms with Crippen molar-refractivity contribution in [3.63, 3.8) is 0 Å². The molecule has 4 heteroatoms. The Balaban J connectivity index is 2.63. The topological polar surface area (TPSA) is 46.3 Å². The fourth-order valence-corrected chi connectivity index (χ4v) is 1.34. The summed E-state index contributed by atoms with van der Waals surface area (Å²) in [5.41, 5.74) is 0.395. The van der Waals surface area contributed by atoms with E-state index in [-0.39, 0.29) is 5.91 Å². The van der Waals surface area contributed by atoms with Crippen LogP contribution in [0, 0.1) is 0 Å². The summed E-state index contributed by atoms with van der Waals surface area (Å²) in [6.45, 7) is 5.66. The Kier molecular flexibility index (Phi) is 4.16. The quantitative estimate of drug-likeness (QED) is 0.723. The first-order valence-corrected chi connectivity index (χ1v) is 4.99. The van der Waals surface area contributed by atoms with E-state index in [2.05, 4.69) is 23.5 Å². The molecule has 0 bridgehead atoms. The van der Waals surface area contributed by atoms with E-state index >= 15 is 0 Å². The first kappa shape index (κ1) is 10.8. The standard InChI is InChI=1S/C10H16N2O2/c1-3-6-12(7-4-2)10(13)9-5-8-14-11-9/h5,8H,3-4,6-7H2,1-2H3. The molecule has 0 aliphatic rings. The van der Waals surface area contributed by atoms with Gasteiger partial charge in [-0.25, -0.2) is 0 Å². The van der Waals surface area contributed by atoms with E-state index in [1.54, 1.807) is 11.0 Å². The molecule has 0 unspecified atom stereocenters. The molecule has 1 amide bonds. The van der Waals surface area contributed by atoms with Gasteiger partial charge in [-0.2, -0.15) is 0 Å². The monoisotopic (exact) mass is 196 g/mol. The Morgan fingerprint density at radius 2 is 2.07 bits per heavy atom. The lowest BCUT2D eigenvalue weighted by molar-refractivity contribution is 0.0745. The van der Waals surface area contributed by atoms with E-state index in [9.17, 15) is 4.79 Å². The molecular formula is C10H16N2O2. The highest BCUT2D eigenvalue weighted by atomic mass is 16.5. The van der Waals surface area contributed by atoms with Crippen LogP contribution in [0.15, 0.2) is 16.9 Å². The highest BCUT2D eigenvalue weighted by molar-refractivity contribution is 5.92. The summed E-state index contributed by atoms with van der Waals surface area (Å²) in [6, 6.07) is 1.60. The smallest absolute Gasteiger partial charge is 0.276 e. The number of rotatable bonds is 5. The third-order valence-corrected chi connectivity index (χ3v) is 1.93. The van der Waals surface area contributed by atoms with Crippen LogP contribution in [0.4, 0.5) is 0 Å². The van der Waals surface area contributed by atoms with Gasteiger partial charge in [0, 0.05) is 19.2 Å². The second-order valence-corrected chi connectivity index (χ2v) is 3.18. The number of aromatic nitrogens is 1. The highest BCUT2D eigenvalue weighted by Gasteiger charge is 2.16. The maximum absolute atomic E-state index is 11.8.